The molecule has 1 unspecified atom stereocenters. The molecule has 0 radical (unpaired) electrons. The van der Waals surface area contributed by atoms with Crippen molar-refractivity contribution in [2.24, 2.45) is 10.7 Å². The van der Waals surface area contributed by atoms with Crippen molar-refractivity contribution in [2.45, 2.75) is 32.3 Å². The molecule has 16 heavy (non-hydrogen) atoms. The first-order chi connectivity index (χ1) is 7.83. The van der Waals surface area contributed by atoms with Crippen molar-refractivity contribution in [2.75, 3.05) is 32.9 Å². The van der Waals surface area contributed by atoms with Gasteiger partial charge in [-0.25, -0.2) is 0 Å². The molecule has 0 aliphatic carbocycles. The first-order valence-electron chi connectivity index (χ1n) is 6.06. The Hall–Kier alpha value is -0.810. The lowest BCUT2D eigenvalue weighted by Crippen LogP contribution is -2.31. The van der Waals surface area contributed by atoms with Gasteiger partial charge in [0.2, 0.25) is 0 Å². The topological polar surface area (TPSA) is 68.9 Å². The average molecular weight is 229 g/mol. The van der Waals surface area contributed by atoms with E-state index in [1.165, 1.54) is 0 Å². The lowest BCUT2D eigenvalue weighted by Gasteiger charge is -2.09. The number of hydrogen-bond acceptors (Lipinski definition) is 3. The zero-order valence-electron chi connectivity index (χ0n) is 10.1. The van der Waals surface area contributed by atoms with Crippen molar-refractivity contribution in [1.29, 1.82) is 0 Å². The molecule has 0 spiro atoms. The third-order valence-corrected chi connectivity index (χ3v) is 2.41. The molecule has 5 heteroatoms. The zero-order valence-corrected chi connectivity index (χ0v) is 10.1. The van der Waals surface area contributed by atoms with Crippen molar-refractivity contribution in [3.63, 3.8) is 0 Å². The van der Waals surface area contributed by atoms with Gasteiger partial charge in [-0.05, 0) is 26.2 Å². The van der Waals surface area contributed by atoms with Gasteiger partial charge in [-0.1, -0.05) is 0 Å². The largest absolute Gasteiger partial charge is 0.379 e. The predicted molar refractivity (Wildman–Crippen MR) is 64.6 cm³/mol. The Morgan fingerprint density at radius 3 is 3.19 bits per heavy atom. The van der Waals surface area contributed by atoms with Crippen molar-refractivity contribution < 1.29 is 9.47 Å². The van der Waals surface area contributed by atoms with Crippen LogP contribution in [0.2, 0.25) is 0 Å². The number of guanidine groups is 1. The molecule has 0 bridgehead atoms. The lowest BCUT2D eigenvalue weighted by molar-refractivity contribution is 0.0171. The van der Waals surface area contributed by atoms with Crippen LogP contribution >= 0.6 is 0 Å². The molecule has 0 aromatic carbocycles. The number of rotatable bonds is 7. The first-order valence-corrected chi connectivity index (χ1v) is 6.06. The van der Waals surface area contributed by atoms with E-state index in [1.54, 1.807) is 0 Å². The van der Waals surface area contributed by atoms with E-state index in [1.807, 2.05) is 6.92 Å². The van der Waals surface area contributed by atoms with E-state index in [0.29, 0.717) is 25.2 Å². The van der Waals surface area contributed by atoms with Gasteiger partial charge in [-0.2, -0.15) is 0 Å². The smallest absolute Gasteiger partial charge is 0.188 e. The fraction of sp³-hybridized carbons (Fsp3) is 0.909. The van der Waals surface area contributed by atoms with Crippen LogP contribution in [0.4, 0.5) is 0 Å². The second kappa shape index (κ2) is 8.35. The van der Waals surface area contributed by atoms with Gasteiger partial charge in [0, 0.05) is 26.3 Å². The van der Waals surface area contributed by atoms with Crippen LogP contribution in [0.5, 0.6) is 0 Å². The van der Waals surface area contributed by atoms with Gasteiger partial charge >= 0.3 is 0 Å². The number of hydrogen-bond donors (Lipinski definition) is 2. The molecule has 0 aromatic rings. The predicted octanol–water partition coefficient (Wildman–Crippen LogP) is 0.496. The summed E-state index contributed by atoms with van der Waals surface area (Å²) in [5.41, 5.74) is 5.58. The molecular formula is C11H23N3O2. The Kier molecular flexibility index (Phi) is 6.92. The molecule has 5 nitrogen and oxygen atoms in total. The van der Waals surface area contributed by atoms with Crippen molar-refractivity contribution in [3.8, 4) is 0 Å². The fourth-order valence-electron chi connectivity index (χ4n) is 1.59. The summed E-state index contributed by atoms with van der Waals surface area (Å²) in [6.07, 6.45) is 3.51. The Balaban J connectivity index is 1.89. The van der Waals surface area contributed by atoms with E-state index < -0.39 is 0 Å². The summed E-state index contributed by atoms with van der Waals surface area (Å²) in [5, 5.41) is 2.95. The quantitative estimate of drug-likeness (QED) is 0.379. The van der Waals surface area contributed by atoms with E-state index in [2.05, 4.69) is 10.3 Å². The van der Waals surface area contributed by atoms with Crippen LogP contribution in [0.1, 0.15) is 26.2 Å². The van der Waals surface area contributed by atoms with Gasteiger partial charge in [0.05, 0.1) is 12.7 Å². The van der Waals surface area contributed by atoms with Crippen LogP contribution in [0.15, 0.2) is 4.99 Å². The summed E-state index contributed by atoms with van der Waals surface area (Å²) in [7, 11) is 0. The van der Waals surface area contributed by atoms with Gasteiger partial charge in [-0.15, -0.1) is 0 Å². The van der Waals surface area contributed by atoms with E-state index in [0.717, 1.165) is 39.0 Å². The maximum atomic E-state index is 5.58. The molecule has 1 atom stereocenters. The molecule has 0 saturated carbocycles. The second-order valence-electron chi connectivity index (χ2n) is 3.86. The normalized spacial score (nSPS) is 21.3. The van der Waals surface area contributed by atoms with Crippen LogP contribution in [0, 0.1) is 0 Å². The molecule has 1 saturated heterocycles. The highest BCUT2D eigenvalue weighted by Gasteiger charge is 2.14. The van der Waals surface area contributed by atoms with E-state index >= 15 is 0 Å². The van der Waals surface area contributed by atoms with Crippen LogP contribution in [0.3, 0.4) is 0 Å². The number of nitrogens with one attached hydrogen (secondary N) is 1. The van der Waals surface area contributed by atoms with Gasteiger partial charge in [0.25, 0.3) is 0 Å². The molecule has 1 heterocycles. The summed E-state index contributed by atoms with van der Waals surface area (Å²) in [5.74, 6) is 0.515. The summed E-state index contributed by atoms with van der Waals surface area (Å²) in [6, 6.07) is 0. The third kappa shape index (κ3) is 5.92. The summed E-state index contributed by atoms with van der Waals surface area (Å²) < 4.78 is 11.0. The standard InChI is InChI=1S/C11H23N3O2/c1-2-13-11(12)14-6-4-7-15-9-10-5-3-8-16-10/h10H,2-9H2,1H3,(H3,12,13,14). The van der Waals surface area contributed by atoms with Crippen molar-refractivity contribution >= 4 is 5.96 Å². The molecule has 1 aliphatic heterocycles. The maximum absolute atomic E-state index is 5.58. The molecule has 1 rings (SSSR count). The summed E-state index contributed by atoms with van der Waals surface area (Å²) in [6.45, 7) is 5.84. The number of aliphatic imine (C=N–C) groups is 1. The SMILES string of the molecule is CCNC(N)=NCCCOCC1CCCO1. The van der Waals surface area contributed by atoms with Gasteiger partial charge in [0.1, 0.15) is 0 Å². The Morgan fingerprint density at radius 2 is 2.50 bits per heavy atom. The molecule has 1 aliphatic rings. The molecule has 0 aromatic heterocycles. The maximum Gasteiger partial charge on any atom is 0.188 e. The average Bonchev–Trinajstić information content (AvgIpc) is 2.76. The summed E-state index contributed by atoms with van der Waals surface area (Å²) in [4.78, 5) is 4.16. The number of nitrogens with two attached hydrogens (primary N) is 1. The minimum absolute atomic E-state index is 0.315. The van der Waals surface area contributed by atoms with E-state index in [4.69, 9.17) is 15.2 Å². The van der Waals surface area contributed by atoms with Crippen LogP contribution in [-0.2, 0) is 9.47 Å². The number of nitrogens with zero attached hydrogens (tertiary/aromatic N) is 1. The van der Waals surface area contributed by atoms with Crippen LogP contribution < -0.4 is 11.1 Å². The number of ether oxygens (including phenoxy) is 2. The fourth-order valence-corrected chi connectivity index (χ4v) is 1.59. The third-order valence-electron chi connectivity index (χ3n) is 2.41. The Bertz CT molecular complexity index is 203. The Morgan fingerprint density at radius 1 is 1.62 bits per heavy atom. The second-order valence-corrected chi connectivity index (χ2v) is 3.86. The van der Waals surface area contributed by atoms with Crippen LogP contribution in [-0.4, -0.2) is 45.0 Å². The van der Waals surface area contributed by atoms with Gasteiger partial charge in [-0.3, -0.25) is 4.99 Å². The lowest BCUT2D eigenvalue weighted by atomic mass is 10.2. The molecule has 94 valence electrons. The highest BCUT2D eigenvalue weighted by molar-refractivity contribution is 5.77. The minimum Gasteiger partial charge on any atom is -0.379 e. The highest BCUT2D eigenvalue weighted by atomic mass is 16.5. The van der Waals surface area contributed by atoms with Gasteiger partial charge < -0.3 is 20.5 Å². The van der Waals surface area contributed by atoms with E-state index in [-0.39, 0.29) is 0 Å². The monoisotopic (exact) mass is 229 g/mol. The van der Waals surface area contributed by atoms with E-state index in [9.17, 15) is 0 Å². The zero-order chi connectivity index (χ0) is 11.6. The summed E-state index contributed by atoms with van der Waals surface area (Å²) >= 11 is 0. The molecule has 0 amide bonds. The van der Waals surface area contributed by atoms with Crippen molar-refractivity contribution in [1.82, 2.24) is 5.32 Å². The molecular weight excluding hydrogens is 206 g/mol. The van der Waals surface area contributed by atoms with Crippen molar-refractivity contribution in [3.05, 3.63) is 0 Å². The highest BCUT2D eigenvalue weighted by Crippen LogP contribution is 2.11. The minimum atomic E-state index is 0.315. The molecule has 3 N–H and O–H groups in total. The van der Waals surface area contributed by atoms with Gasteiger partial charge in [0.15, 0.2) is 5.96 Å². The Labute approximate surface area is 97.4 Å². The first kappa shape index (κ1) is 13.3. The molecule has 1 fully saturated rings. The van der Waals surface area contributed by atoms with Crippen LogP contribution in [0.25, 0.3) is 0 Å².